The molecule has 0 bridgehead atoms. The minimum absolute atomic E-state index is 0.0900. The van der Waals surface area contributed by atoms with E-state index in [2.05, 4.69) is 36.1 Å². The number of fused-ring (bicyclic) bond motifs is 1. The van der Waals surface area contributed by atoms with Crippen LogP contribution in [-0.4, -0.2) is 76.1 Å². The summed E-state index contributed by atoms with van der Waals surface area (Å²) < 4.78 is 11.7. The van der Waals surface area contributed by atoms with Gasteiger partial charge in [0.05, 0.1) is 23.6 Å². The van der Waals surface area contributed by atoms with Crippen LogP contribution in [0, 0.1) is 0 Å². The van der Waals surface area contributed by atoms with E-state index in [9.17, 15) is 5.11 Å². The van der Waals surface area contributed by atoms with Crippen LogP contribution in [0.5, 0.6) is 5.88 Å². The average molecular weight is 458 g/mol. The lowest BCUT2D eigenvalue weighted by molar-refractivity contribution is 0.0247. The van der Waals surface area contributed by atoms with Crippen LogP contribution in [0.3, 0.4) is 0 Å². The second-order valence-corrected chi connectivity index (χ2v) is 10.4. The van der Waals surface area contributed by atoms with Gasteiger partial charge in [-0.15, -0.1) is 0 Å². The van der Waals surface area contributed by atoms with Gasteiger partial charge in [-0.1, -0.05) is 0 Å². The van der Waals surface area contributed by atoms with Crippen molar-refractivity contribution >= 4 is 16.9 Å². The van der Waals surface area contributed by atoms with E-state index in [0.29, 0.717) is 24.4 Å². The summed E-state index contributed by atoms with van der Waals surface area (Å²) >= 11 is 0. The zero-order chi connectivity index (χ0) is 23.6. The maximum Gasteiger partial charge on any atom is 0.224 e. The van der Waals surface area contributed by atoms with Crippen molar-refractivity contribution in [3.05, 3.63) is 18.0 Å². The minimum atomic E-state index is -0.197. The first-order valence-electron chi connectivity index (χ1n) is 12.2. The van der Waals surface area contributed by atoms with Gasteiger partial charge in [0.2, 0.25) is 11.8 Å². The van der Waals surface area contributed by atoms with Crippen LogP contribution in [0.1, 0.15) is 70.8 Å². The molecule has 2 aromatic rings. The molecule has 1 aliphatic carbocycles. The number of aromatic nitrogens is 3. The number of ether oxygens (including phenoxy) is 2. The molecule has 1 aliphatic heterocycles. The summed E-state index contributed by atoms with van der Waals surface area (Å²) in [5, 5.41) is 14.2. The number of hydrogen-bond donors (Lipinski definition) is 2. The Bertz CT molecular complexity index is 945. The number of nitrogens with one attached hydrogen (secondary N) is 1. The Kier molecular flexibility index (Phi) is 7.36. The highest BCUT2D eigenvalue weighted by Gasteiger charge is 2.34. The van der Waals surface area contributed by atoms with E-state index >= 15 is 0 Å². The maximum atomic E-state index is 9.98. The van der Waals surface area contributed by atoms with Gasteiger partial charge >= 0.3 is 0 Å². The number of rotatable bonds is 7. The normalized spacial score (nSPS) is 26.8. The van der Waals surface area contributed by atoms with E-state index < -0.39 is 0 Å². The van der Waals surface area contributed by atoms with Gasteiger partial charge in [0.1, 0.15) is 6.10 Å². The van der Waals surface area contributed by atoms with E-state index in [-0.39, 0.29) is 23.8 Å². The molecular formula is C25H39N5O3. The van der Waals surface area contributed by atoms with Gasteiger partial charge in [-0.05, 0) is 65.8 Å². The molecule has 8 nitrogen and oxygen atoms in total. The summed E-state index contributed by atoms with van der Waals surface area (Å²) in [5.74, 6) is 1.53. The summed E-state index contributed by atoms with van der Waals surface area (Å²) in [6, 6.07) is 0.0970. The molecule has 0 aromatic carbocycles. The molecule has 182 valence electrons. The van der Waals surface area contributed by atoms with Crippen LogP contribution >= 0.6 is 0 Å². The van der Waals surface area contributed by atoms with Crippen LogP contribution in [-0.2, 0) is 4.74 Å². The fraction of sp³-hybridized carbons (Fsp3) is 0.720. The fourth-order valence-electron chi connectivity index (χ4n) is 5.09. The van der Waals surface area contributed by atoms with Gasteiger partial charge in [-0.2, -0.15) is 0 Å². The Hall–Kier alpha value is -2.03. The van der Waals surface area contributed by atoms with Crippen molar-refractivity contribution in [2.75, 3.05) is 32.6 Å². The molecule has 2 atom stereocenters. The molecule has 0 amide bonds. The van der Waals surface area contributed by atoms with Crippen molar-refractivity contribution in [1.29, 1.82) is 0 Å². The predicted octanol–water partition coefficient (Wildman–Crippen LogP) is 3.74. The molecular weight excluding hydrogens is 418 g/mol. The zero-order valence-corrected chi connectivity index (χ0v) is 20.7. The topological polar surface area (TPSA) is 92.6 Å². The number of aliphatic hydroxyl groups is 1. The van der Waals surface area contributed by atoms with Crippen molar-refractivity contribution in [2.45, 2.75) is 89.0 Å². The van der Waals surface area contributed by atoms with Gasteiger partial charge in [-0.3, -0.25) is 0 Å². The summed E-state index contributed by atoms with van der Waals surface area (Å²) in [6.07, 6.45) is 9.13. The monoisotopic (exact) mass is 457 g/mol. The number of nitrogens with zero attached hydrogens (tertiary/aromatic N) is 4. The molecule has 3 heterocycles. The van der Waals surface area contributed by atoms with Crippen LogP contribution in [0.25, 0.3) is 10.9 Å². The number of pyridine rings is 1. The summed E-state index contributed by atoms with van der Waals surface area (Å²) in [4.78, 5) is 16.6. The van der Waals surface area contributed by atoms with E-state index in [1.807, 2.05) is 19.3 Å². The van der Waals surface area contributed by atoms with Crippen LogP contribution in [0.2, 0.25) is 0 Å². The highest BCUT2D eigenvalue weighted by molar-refractivity contribution is 5.86. The Labute approximate surface area is 197 Å². The first-order chi connectivity index (χ1) is 15.8. The lowest BCUT2D eigenvalue weighted by atomic mass is 9.83. The van der Waals surface area contributed by atoms with Crippen molar-refractivity contribution in [2.24, 2.45) is 0 Å². The first kappa shape index (κ1) is 24.1. The summed E-state index contributed by atoms with van der Waals surface area (Å²) in [5.41, 5.74) is 2.11. The highest BCUT2D eigenvalue weighted by atomic mass is 16.5. The molecule has 1 saturated carbocycles. The number of likely N-dealkylation sites (tertiary alicyclic amines) is 1. The summed E-state index contributed by atoms with van der Waals surface area (Å²) in [7, 11) is 3.86. The van der Waals surface area contributed by atoms with Gasteiger partial charge in [0.15, 0.2) is 0 Å². The van der Waals surface area contributed by atoms with Gasteiger partial charge in [0.25, 0.3) is 0 Å². The Morgan fingerprint density at radius 1 is 1.18 bits per heavy atom. The first-order valence-corrected chi connectivity index (χ1v) is 12.2. The van der Waals surface area contributed by atoms with E-state index in [1.54, 1.807) is 7.11 Å². The minimum Gasteiger partial charge on any atom is -0.474 e. The number of methoxy groups -OCH3 is 1. The lowest BCUT2D eigenvalue weighted by Crippen LogP contribution is -2.50. The molecule has 1 saturated heterocycles. The standard InChI is InChI=1S/C25H39N5O3/c1-16(15-32-5)28-24-27-14-21-22(29-24)20(17-6-8-18(31)9-7-17)13-26-23(21)33-19-10-11-30(4)25(2,3)12-19/h13-14,16-19,31H,6-12,15H2,1-5H3,(H,27,28,29)/t16-,17?,18?,19-/m0/s1. The third-order valence-electron chi connectivity index (χ3n) is 7.37. The Morgan fingerprint density at radius 2 is 1.94 bits per heavy atom. The van der Waals surface area contributed by atoms with Gasteiger partial charge in [0, 0.05) is 49.6 Å². The molecule has 0 spiro atoms. The van der Waals surface area contributed by atoms with Crippen LogP contribution < -0.4 is 10.1 Å². The van der Waals surface area contributed by atoms with Crippen LogP contribution in [0.15, 0.2) is 12.4 Å². The van der Waals surface area contributed by atoms with Crippen LogP contribution in [0.4, 0.5) is 5.95 Å². The SMILES string of the molecule is COC[C@H](C)Nc1ncc2c(O[C@H]3CCN(C)C(C)(C)C3)ncc(C3CCC(O)CC3)c2n1. The van der Waals surface area contributed by atoms with Gasteiger partial charge in [-0.25, -0.2) is 15.0 Å². The maximum absolute atomic E-state index is 9.98. The molecule has 33 heavy (non-hydrogen) atoms. The van der Waals surface area contributed by atoms with Gasteiger partial charge < -0.3 is 24.8 Å². The molecule has 2 aromatic heterocycles. The third kappa shape index (κ3) is 5.55. The molecule has 0 radical (unpaired) electrons. The quantitative estimate of drug-likeness (QED) is 0.650. The number of hydrogen-bond acceptors (Lipinski definition) is 8. The largest absolute Gasteiger partial charge is 0.474 e. The third-order valence-corrected chi connectivity index (χ3v) is 7.37. The molecule has 2 aliphatic rings. The lowest BCUT2D eigenvalue weighted by Gasteiger charge is -2.43. The smallest absolute Gasteiger partial charge is 0.224 e. The average Bonchev–Trinajstić information content (AvgIpc) is 2.77. The molecule has 0 unspecified atom stereocenters. The second-order valence-electron chi connectivity index (χ2n) is 10.4. The van der Waals surface area contributed by atoms with E-state index in [4.69, 9.17) is 19.4 Å². The fourth-order valence-corrected chi connectivity index (χ4v) is 5.09. The number of piperidine rings is 1. The second kappa shape index (κ2) is 10.1. The Morgan fingerprint density at radius 3 is 2.64 bits per heavy atom. The Balaban J connectivity index is 1.66. The van der Waals surface area contributed by atoms with Crippen molar-refractivity contribution in [3.8, 4) is 5.88 Å². The van der Waals surface area contributed by atoms with Crippen molar-refractivity contribution in [1.82, 2.24) is 19.9 Å². The van der Waals surface area contributed by atoms with E-state index in [0.717, 1.165) is 61.5 Å². The number of aliphatic hydroxyl groups excluding tert-OH is 1. The highest BCUT2D eigenvalue weighted by Crippen LogP contribution is 2.38. The molecule has 8 heteroatoms. The summed E-state index contributed by atoms with van der Waals surface area (Å²) in [6.45, 7) is 8.14. The molecule has 2 N–H and O–H groups in total. The van der Waals surface area contributed by atoms with Crippen molar-refractivity contribution in [3.63, 3.8) is 0 Å². The van der Waals surface area contributed by atoms with Crippen molar-refractivity contribution < 1.29 is 14.6 Å². The zero-order valence-electron chi connectivity index (χ0n) is 20.7. The van der Waals surface area contributed by atoms with E-state index in [1.165, 1.54) is 0 Å². The predicted molar refractivity (Wildman–Crippen MR) is 130 cm³/mol. The number of anilines is 1. The molecule has 4 rings (SSSR count). The molecule has 2 fully saturated rings.